The third-order valence-corrected chi connectivity index (χ3v) is 6.30. The zero-order chi connectivity index (χ0) is 18.1. The molecule has 1 saturated heterocycles. The van der Waals surface area contributed by atoms with Gasteiger partial charge in [-0.25, -0.2) is 0 Å². The highest BCUT2D eigenvalue weighted by atomic mass is 16.5. The lowest BCUT2D eigenvalue weighted by Gasteiger charge is -2.25. The first kappa shape index (κ1) is 16.1. The third-order valence-electron chi connectivity index (χ3n) is 6.30. The Labute approximate surface area is 153 Å². The summed E-state index contributed by atoms with van der Waals surface area (Å²) in [6.45, 7) is 6.79. The number of aryl methyl sites for hydroxylation is 2. The van der Waals surface area contributed by atoms with Crippen LogP contribution in [0.15, 0.2) is 12.1 Å². The number of rotatable bonds is 3. The number of nitrogens with one attached hydrogen (secondary N) is 2. The maximum Gasteiger partial charge on any atom is 0.224 e. The van der Waals surface area contributed by atoms with E-state index >= 15 is 0 Å². The van der Waals surface area contributed by atoms with Gasteiger partial charge in [0.25, 0.3) is 0 Å². The van der Waals surface area contributed by atoms with Crippen LogP contribution in [0.2, 0.25) is 0 Å². The van der Waals surface area contributed by atoms with Crippen LogP contribution in [-0.2, 0) is 23.8 Å². The van der Waals surface area contributed by atoms with Gasteiger partial charge in [0.1, 0.15) is 11.3 Å². The molecule has 0 unspecified atom stereocenters. The molecule has 0 spiro atoms. The molecule has 1 amide bonds. The van der Waals surface area contributed by atoms with E-state index in [1.54, 1.807) is 0 Å². The van der Waals surface area contributed by atoms with Gasteiger partial charge in [-0.05, 0) is 57.2 Å². The Balaban J connectivity index is 1.48. The topological polar surface area (TPSA) is 68.2 Å². The monoisotopic (exact) mass is 354 g/mol. The number of hydrogen-bond donors (Lipinski definition) is 2. The molecule has 5 rings (SSSR count). The van der Waals surface area contributed by atoms with Crippen LogP contribution in [0, 0.1) is 17.8 Å². The molecule has 138 valence electrons. The molecular weight excluding hydrogens is 328 g/mol. The minimum Gasteiger partial charge on any atom is -0.491 e. The number of hydrogen-bond acceptors (Lipinski definition) is 4. The zero-order valence-electron chi connectivity index (χ0n) is 15.6. The van der Waals surface area contributed by atoms with Crippen LogP contribution in [0.3, 0.4) is 0 Å². The molecule has 2 N–H and O–H groups in total. The van der Waals surface area contributed by atoms with Crippen molar-refractivity contribution >= 4 is 16.8 Å². The third kappa shape index (κ3) is 2.28. The number of amides is 1. The Morgan fingerprint density at radius 3 is 2.88 bits per heavy atom. The van der Waals surface area contributed by atoms with Crippen molar-refractivity contribution in [3.8, 4) is 5.75 Å². The van der Waals surface area contributed by atoms with Gasteiger partial charge in [0.2, 0.25) is 5.91 Å². The van der Waals surface area contributed by atoms with Crippen molar-refractivity contribution in [3.05, 3.63) is 23.4 Å². The standard InChI is InChI=1S/C20H26N4O2/c1-20(2,22-19(25)15-13-9-21-10-14(13)15)18-12-7-6-11-5-4-8-26-17(11)16(12)24(3)23-18/h6-7,13-15,21H,4-5,8-10H2,1-3H3,(H,22,25)/t13-,14+,15+. The van der Waals surface area contributed by atoms with Crippen molar-refractivity contribution in [1.82, 2.24) is 20.4 Å². The average molecular weight is 354 g/mol. The Kier molecular flexibility index (Phi) is 3.38. The van der Waals surface area contributed by atoms with Gasteiger partial charge in [0.15, 0.2) is 0 Å². The van der Waals surface area contributed by atoms with Crippen LogP contribution in [-0.4, -0.2) is 35.4 Å². The molecule has 6 nitrogen and oxygen atoms in total. The van der Waals surface area contributed by atoms with E-state index in [9.17, 15) is 4.79 Å². The number of benzene rings is 1. The van der Waals surface area contributed by atoms with Crippen LogP contribution >= 0.6 is 0 Å². The molecule has 2 aromatic rings. The first-order valence-electron chi connectivity index (χ1n) is 9.62. The van der Waals surface area contributed by atoms with Crippen molar-refractivity contribution in [2.45, 2.75) is 32.2 Å². The second kappa shape index (κ2) is 5.46. The summed E-state index contributed by atoms with van der Waals surface area (Å²) in [4.78, 5) is 12.8. The molecule has 2 aliphatic heterocycles. The minimum atomic E-state index is -0.524. The van der Waals surface area contributed by atoms with E-state index in [0.717, 1.165) is 54.9 Å². The lowest BCUT2D eigenvalue weighted by atomic mass is 9.95. The lowest BCUT2D eigenvalue weighted by molar-refractivity contribution is -0.124. The van der Waals surface area contributed by atoms with Gasteiger partial charge in [0.05, 0.1) is 17.8 Å². The molecule has 1 saturated carbocycles. The molecule has 0 bridgehead atoms. The van der Waals surface area contributed by atoms with Gasteiger partial charge in [0, 0.05) is 18.4 Å². The molecule has 1 aromatic heterocycles. The number of nitrogens with zero attached hydrogens (tertiary/aromatic N) is 2. The highest BCUT2D eigenvalue weighted by molar-refractivity contribution is 5.90. The first-order chi connectivity index (χ1) is 12.5. The van der Waals surface area contributed by atoms with E-state index in [1.807, 2.05) is 25.6 Å². The lowest BCUT2D eigenvalue weighted by Crippen LogP contribution is -2.43. The summed E-state index contributed by atoms with van der Waals surface area (Å²) in [5.74, 6) is 2.33. The molecule has 2 fully saturated rings. The van der Waals surface area contributed by atoms with Crippen molar-refractivity contribution in [2.75, 3.05) is 19.7 Å². The summed E-state index contributed by atoms with van der Waals surface area (Å²) in [7, 11) is 1.96. The Morgan fingerprint density at radius 1 is 1.35 bits per heavy atom. The quantitative estimate of drug-likeness (QED) is 0.881. The highest BCUT2D eigenvalue weighted by Gasteiger charge is 2.57. The first-order valence-corrected chi connectivity index (χ1v) is 9.62. The molecule has 1 aromatic carbocycles. The summed E-state index contributed by atoms with van der Waals surface area (Å²) in [6.07, 6.45) is 2.10. The average Bonchev–Trinajstić information content (AvgIpc) is 2.94. The molecule has 3 aliphatic rings. The summed E-state index contributed by atoms with van der Waals surface area (Å²) in [5, 5.41) is 12.5. The van der Waals surface area contributed by atoms with Gasteiger partial charge >= 0.3 is 0 Å². The van der Waals surface area contributed by atoms with Crippen LogP contribution in [0.5, 0.6) is 5.75 Å². The molecule has 1 aliphatic carbocycles. The van der Waals surface area contributed by atoms with Gasteiger partial charge in [-0.3, -0.25) is 9.48 Å². The molecule has 3 heterocycles. The minimum absolute atomic E-state index is 0.166. The van der Waals surface area contributed by atoms with E-state index < -0.39 is 5.54 Å². The Bertz CT molecular complexity index is 891. The molecule has 26 heavy (non-hydrogen) atoms. The number of aromatic nitrogens is 2. The van der Waals surface area contributed by atoms with Gasteiger partial charge in [-0.2, -0.15) is 5.10 Å². The van der Waals surface area contributed by atoms with Gasteiger partial charge < -0.3 is 15.4 Å². The Morgan fingerprint density at radius 2 is 2.12 bits per heavy atom. The largest absolute Gasteiger partial charge is 0.491 e. The second-order valence-corrected chi connectivity index (χ2v) is 8.50. The number of fused-ring (bicyclic) bond motifs is 4. The summed E-state index contributed by atoms with van der Waals surface area (Å²) >= 11 is 0. The van der Waals surface area contributed by atoms with Crippen molar-refractivity contribution in [2.24, 2.45) is 24.8 Å². The van der Waals surface area contributed by atoms with Crippen LogP contribution < -0.4 is 15.4 Å². The molecule has 6 heteroatoms. The maximum absolute atomic E-state index is 12.8. The molecular formula is C20H26N4O2. The maximum atomic E-state index is 12.8. The van der Waals surface area contributed by atoms with E-state index in [1.165, 1.54) is 5.56 Å². The van der Waals surface area contributed by atoms with E-state index in [4.69, 9.17) is 9.84 Å². The predicted octanol–water partition coefficient (Wildman–Crippen LogP) is 1.72. The van der Waals surface area contributed by atoms with E-state index in [-0.39, 0.29) is 11.8 Å². The van der Waals surface area contributed by atoms with Crippen molar-refractivity contribution in [1.29, 1.82) is 0 Å². The Hall–Kier alpha value is -2.08. The summed E-state index contributed by atoms with van der Waals surface area (Å²) in [5.41, 5.74) is 2.67. The van der Waals surface area contributed by atoms with Crippen LogP contribution in [0.1, 0.15) is 31.5 Å². The van der Waals surface area contributed by atoms with Crippen LogP contribution in [0.4, 0.5) is 0 Å². The fourth-order valence-corrected chi connectivity index (χ4v) is 4.89. The molecule has 0 radical (unpaired) electrons. The second-order valence-electron chi connectivity index (χ2n) is 8.50. The number of piperidine rings is 1. The van der Waals surface area contributed by atoms with Crippen LogP contribution in [0.25, 0.3) is 10.9 Å². The summed E-state index contributed by atoms with van der Waals surface area (Å²) in [6, 6.07) is 4.28. The fourth-order valence-electron chi connectivity index (χ4n) is 4.89. The number of carbonyl (C=O) groups is 1. The van der Waals surface area contributed by atoms with Gasteiger partial charge in [-0.1, -0.05) is 12.1 Å². The zero-order valence-corrected chi connectivity index (χ0v) is 15.6. The highest BCUT2D eigenvalue weighted by Crippen LogP contribution is 2.49. The summed E-state index contributed by atoms with van der Waals surface area (Å²) < 4.78 is 7.87. The fraction of sp³-hybridized carbons (Fsp3) is 0.600. The van der Waals surface area contributed by atoms with Crippen molar-refractivity contribution < 1.29 is 9.53 Å². The molecule has 3 atom stereocenters. The van der Waals surface area contributed by atoms with E-state index in [0.29, 0.717) is 11.8 Å². The predicted molar refractivity (Wildman–Crippen MR) is 99.0 cm³/mol. The number of ether oxygens (including phenoxy) is 1. The van der Waals surface area contributed by atoms with E-state index in [2.05, 4.69) is 22.8 Å². The normalized spacial score (nSPS) is 27.0. The van der Waals surface area contributed by atoms with Crippen molar-refractivity contribution in [3.63, 3.8) is 0 Å². The number of carbonyl (C=O) groups excluding carboxylic acids is 1. The van der Waals surface area contributed by atoms with Gasteiger partial charge in [-0.15, -0.1) is 0 Å². The SMILES string of the molecule is Cn1nc(C(C)(C)NC(=O)[C@H]2[C@@H]3CNC[C@@H]32)c2ccc3c(c21)OCCC3. The smallest absolute Gasteiger partial charge is 0.224 e.